The lowest BCUT2D eigenvalue weighted by Gasteiger charge is -2.32. The minimum absolute atomic E-state index is 0.0348. The first kappa shape index (κ1) is 56.6. The van der Waals surface area contributed by atoms with Crippen LogP contribution in [0.15, 0.2) is 91.0 Å². The normalized spacial score (nSPS) is 24.2. The van der Waals surface area contributed by atoms with Crippen molar-refractivity contribution >= 4 is 23.3 Å². The summed E-state index contributed by atoms with van der Waals surface area (Å²) in [7, 11) is 0. The number of carboxylic acids is 1. The van der Waals surface area contributed by atoms with E-state index in [0.717, 1.165) is 101 Å². The van der Waals surface area contributed by atoms with Crippen LogP contribution in [0.4, 0.5) is 0 Å². The van der Waals surface area contributed by atoms with Gasteiger partial charge >= 0.3 is 5.97 Å². The van der Waals surface area contributed by atoms with E-state index in [0.29, 0.717) is 60.3 Å². The van der Waals surface area contributed by atoms with Gasteiger partial charge in [-0.15, -0.1) is 0 Å². The van der Waals surface area contributed by atoms with Gasteiger partial charge in [0.1, 0.15) is 5.54 Å². The summed E-state index contributed by atoms with van der Waals surface area (Å²) in [6.45, 7) is 15.4. The Kier molecular flexibility index (Phi) is 15.6. The fraction of sp³-hybridized carbons (Fsp3) is 0.439. The SMILES string of the molecule is Cc1cc(C(=O)CN2C3CCC2(C(=O)O)CC3)c(C)n1-c1ccc(C#N)cc1.Cc1cc(C(=O)CN2C3CCC2(C)CC3)c(C)n1-c1ccc(C#N)cc1.Cc1cc(C(=O)CN2C3CCC2(CO)CC3)c(C)n1-c1ccc(C#N)cc1. The zero-order chi connectivity index (χ0) is 57.7. The number of ketones is 3. The highest BCUT2D eigenvalue weighted by Gasteiger charge is 2.57. The van der Waals surface area contributed by atoms with E-state index in [-0.39, 0.29) is 47.6 Å². The van der Waals surface area contributed by atoms with Gasteiger partial charge in [0.25, 0.3) is 0 Å². The predicted molar refractivity (Wildman–Crippen MR) is 308 cm³/mol. The molecule has 0 aliphatic carbocycles. The van der Waals surface area contributed by atoms with Gasteiger partial charge in [-0.2, -0.15) is 15.8 Å². The molecule has 0 atom stereocenters. The summed E-state index contributed by atoms with van der Waals surface area (Å²) in [5.74, 6) is -0.497. The van der Waals surface area contributed by atoms with Gasteiger partial charge in [-0.1, -0.05) is 0 Å². The molecule has 6 aromatic rings. The molecule has 3 aromatic carbocycles. The first-order chi connectivity index (χ1) is 38.8. The van der Waals surface area contributed by atoms with E-state index in [4.69, 9.17) is 15.8 Å². The Morgan fingerprint density at radius 1 is 0.481 bits per heavy atom. The number of aliphatic carboxylic acids is 1. The van der Waals surface area contributed by atoms with Gasteiger partial charge in [0.15, 0.2) is 17.3 Å². The maximum absolute atomic E-state index is 13.1. The predicted octanol–water partition coefficient (Wildman–Crippen LogP) is 10.5. The number of hydrogen-bond donors (Lipinski definition) is 2. The first-order valence-electron chi connectivity index (χ1n) is 28.6. The standard InChI is InChI=1S/C22H23N3O3.C22H25N3O2.C22H25N3O/c1-14-11-19(15(2)25(14)18-5-3-16(12-23)4-6-18)20(26)13-24-17-7-9-22(24,10-8-17)21(27)28;1-15-11-20(16(2)25(15)19-5-3-17(12-23)4-6-19)21(27)13-24-18-7-9-22(24,14-26)10-8-18;1-15-12-20(16(2)25(15)19-6-4-17(13-23)5-7-19)21(26)14-24-18-8-10-22(24,3)11-9-18/h3-6,11,17H,7-10,13H2,1-2H3,(H,27,28);3-6,11,18,26H,7-10,13-14H2,1-2H3;4-7,12,18H,8-11,14H2,1-3H3. The molecule has 6 bridgehead atoms. The molecule has 81 heavy (non-hydrogen) atoms. The highest BCUT2D eigenvalue weighted by molar-refractivity contribution is 6.01. The lowest BCUT2D eigenvalue weighted by Crippen LogP contribution is -2.49. The molecule has 15 nitrogen and oxygen atoms in total. The molecule has 0 spiro atoms. The van der Waals surface area contributed by atoms with Gasteiger partial charge in [-0.25, -0.2) is 0 Å². The highest BCUT2D eigenvalue weighted by Crippen LogP contribution is 2.48. The molecule has 0 amide bonds. The Labute approximate surface area is 475 Å². The van der Waals surface area contributed by atoms with E-state index in [1.54, 1.807) is 24.3 Å². The molecule has 12 rings (SSSR count). The number of hydrogen-bond acceptors (Lipinski definition) is 11. The number of fused-ring (bicyclic) bond motifs is 6. The van der Waals surface area contributed by atoms with Crippen molar-refractivity contribution in [3.05, 3.63) is 159 Å². The summed E-state index contributed by atoms with van der Waals surface area (Å²) in [6.07, 6.45) is 12.0. The molecular formula is C66H73N9O6. The molecule has 9 heterocycles. The van der Waals surface area contributed by atoms with E-state index in [9.17, 15) is 29.4 Å². The zero-order valence-corrected chi connectivity index (χ0v) is 47.8. The van der Waals surface area contributed by atoms with Crippen molar-refractivity contribution < 1.29 is 29.4 Å². The number of Topliss-reactive ketones (excluding diaryl/α,β-unsaturated/α-hetero) is 3. The number of aryl methyl sites for hydroxylation is 3. The minimum atomic E-state index is -0.862. The van der Waals surface area contributed by atoms with E-state index < -0.39 is 11.5 Å². The van der Waals surface area contributed by atoms with Crippen molar-refractivity contribution in [3.8, 4) is 35.3 Å². The number of rotatable bonds is 14. The molecule has 6 fully saturated rings. The molecule has 0 saturated carbocycles. The van der Waals surface area contributed by atoms with Gasteiger partial charge in [0.2, 0.25) is 0 Å². The molecule has 15 heteroatoms. The fourth-order valence-corrected chi connectivity index (χ4v) is 15.0. The molecule has 6 aliphatic heterocycles. The molecular weight excluding hydrogens is 1010 g/mol. The molecule has 3 aromatic heterocycles. The number of carbonyl (C=O) groups is 4. The van der Waals surface area contributed by atoms with Crippen molar-refractivity contribution in [2.45, 2.75) is 160 Å². The summed E-state index contributed by atoms with van der Waals surface area (Å²) >= 11 is 0. The summed E-state index contributed by atoms with van der Waals surface area (Å²) in [6, 6.07) is 35.6. The van der Waals surface area contributed by atoms with Gasteiger partial charge in [0, 0.05) is 97.1 Å². The van der Waals surface area contributed by atoms with Crippen LogP contribution in [-0.4, -0.2) is 123 Å². The van der Waals surface area contributed by atoms with Crippen LogP contribution >= 0.6 is 0 Å². The average Bonchev–Trinajstić information content (AvgIpc) is 4.46. The summed E-state index contributed by atoms with van der Waals surface area (Å²) in [5, 5.41) is 46.6. The third-order valence-corrected chi connectivity index (χ3v) is 19.5. The van der Waals surface area contributed by atoms with E-state index in [2.05, 4.69) is 44.1 Å². The Balaban J connectivity index is 0.000000136. The van der Waals surface area contributed by atoms with Crippen molar-refractivity contribution in [1.82, 2.24) is 28.4 Å². The van der Waals surface area contributed by atoms with Crippen LogP contribution in [0.25, 0.3) is 17.1 Å². The smallest absolute Gasteiger partial charge is 0.324 e. The highest BCUT2D eigenvalue weighted by atomic mass is 16.4. The van der Waals surface area contributed by atoms with Crippen LogP contribution in [0, 0.1) is 75.5 Å². The number of aliphatic hydroxyl groups excluding tert-OH is 1. The molecule has 6 aliphatic rings. The average molecular weight is 1090 g/mol. The second-order valence-electron chi connectivity index (χ2n) is 23.9. The Hall–Kier alpha value is -7.71. The van der Waals surface area contributed by atoms with Crippen LogP contribution in [0.5, 0.6) is 0 Å². The molecule has 0 unspecified atom stereocenters. The second kappa shape index (κ2) is 22.3. The van der Waals surface area contributed by atoms with Crippen LogP contribution in [-0.2, 0) is 4.79 Å². The van der Waals surface area contributed by atoms with Gasteiger partial charge in [0.05, 0.1) is 61.1 Å². The van der Waals surface area contributed by atoms with E-state index >= 15 is 0 Å². The third-order valence-electron chi connectivity index (χ3n) is 19.5. The number of nitriles is 3. The molecule has 418 valence electrons. The van der Waals surface area contributed by atoms with Crippen molar-refractivity contribution in [3.63, 3.8) is 0 Å². The number of benzene rings is 3. The largest absolute Gasteiger partial charge is 0.480 e. The van der Waals surface area contributed by atoms with E-state index in [1.807, 2.05) is 118 Å². The summed E-state index contributed by atoms with van der Waals surface area (Å²) in [5.41, 5.74) is 11.8. The first-order valence-corrected chi connectivity index (χ1v) is 28.6. The van der Waals surface area contributed by atoms with Crippen LogP contribution < -0.4 is 0 Å². The maximum Gasteiger partial charge on any atom is 0.324 e. The van der Waals surface area contributed by atoms with E-state index in [1.165, 1.54) is 25.7 Å². The topological polar surface area (TPSA) is 205 Å². The molecule has 2 N–H and O–H groups in total. The Morgan fingerprint density at radius 2 is 0.790 bits per heavy atom. The van der Waals surface area contributed by atoms with Crippen LogP contribution in [0.1, 0.15) is 166 Å². The lowest BCUT2D eigenvalue weighted by molar-refractivity contribution is -0.148. The van der Waals surface area contributed by atoms with Crippen molar-refractivity contribution in [1.29, 1.82) is 15.8 Å². The van der Waals surface area contributed by atoms with Crippen molar-refractivity contribution in [2.24, 2.45) is 0 Å². The quantitative estimate of drug-likeness (QED) is 0.0978. The number of nitrogens with zero attached hydrogens (tertiary/aromatic N) is 9. The van der Waals surface area contributed by atoms with Gasteiger partial charge in [-0.3, -0.25) is 33.9 Å². The third kappa shape index (κ3) is 10.2. The lowest BCUT2D eigenvalue weighted by atomic mass is 9.88. The summed E-state index contributed by atoms with van der Waals surface area (Å²) in [4.78, 5) is 57.8. The van der Waals surface area contributed by atoms with Crippen LogP contribution in [0.3, 0.4) is 0 Å². The minimum Gasteiger partial charge on any atom is -0.480 e. The Bertz CT molecular complexity index is 3540. The summed E-state index contributed by atoms with van der Waals surface area (Å²) < 4.78 is 6.17. The number of aromatic nitrogens is 3. The maximum atomic E-state index is 13.1. The van der Waals surface area contributed by atoms with Crippen LogP contribution in [0.2, 0.25) is 0 Å². The Morgan fingerprint density at radius 3 is 1.11 bits per heavy atom. The number of aliphatic hydroxyl groups is 1. The van der Waals surface area contributed by atoms with Gasteiger partial charge < -0.3 is 23.9 Å². The second-order valence-corrected chi connectivity index (χ2v) is 23.9. The van der Waals surface area contributed by atoms with Crippen molar-refractivity contribution in [2.75, 3.05) is 26.2 Å². The monoisotopic (exact) mass is 1090 g/mol. The molecule has 6 saturated heterocycles. The number of carbonyl (C=O) groups excluding carboxylic acids is 3. The zero-order valence-electron chi connectivity index (χ0n) is 47.8. The fourth-order valence-electron chi connectivity index (χ4n) is 15.0. The van der Waals surface area contributed by atoms with Gasteiger partial charge in [-0.05, 0) is 217 Å². The molecule has 0 radical (unpaired) electrons. The number of carboxylic acid groups (broad SMARTS) is 1.